The minimum absolute atomic E-state index is 0.267. The molecule has 5 nitrogen and oxygen atoms in total. The first-order valence-electron chi connectivity index (χ1n) is 4.49. The third-order valence-electron chi connectivity index (χ3n) is 1.91. The lowest BCUT2D eigenvalue weighted by atomic mass is 10.5. The van der Waals surface area contributed by atoms with Crippen LogP contribution < -0.4 is 0 Å². The molecule has 0 aliphatic heterocycles. The van der Waals surface area contributed by atoms with Crippen molar-refractivity contribution in [1.82, 2.24) is 14.4 Å². The highest BCUT2D eigenvalue weighted by molar-refractivity contribution is 9.10. The van der Waals surface area contributed by atoms with Crippen molar-refractivity contribution in [3.63, 3.8) is 0 Å². The van der Waals surface area contributed by atoms with Gasteiger partial charge in [-0.25, -0.2) is 14.8 Å². The van der Waals surface area contributed by atoms with Crippen molar-refractivity contribution in [2.45, 2.75) is 6.92 Å². The van der Waals surface area contributed by atoms with Gasteiger partial charge in [0, 0.05) is 6.20 Å². The Bertz CT molecular complexity index is 555. The summed E-state index contributed by atoms with van der Waals surface area (Å²) in [7, 11) is 0. The second-order valence-corrected chi connectivity index (χ2v) is 4.05. The Labute approximate surface area is 105 Å². The standard InChI is InChI=1S/C9H7BrClN3O2/c1-2-16-9(15)5-3-12-8-7(10)13-6(11)4-14(5)8/h3-4H,2H2,1H3. The Hall–Kier alpha value is -1.14. The molecule has 2 aromatic heterocycles. The number of rotatable bonds is 2. The smallest absolute Gasteiger partial charge is 0.356 e. The Morgan fingerprint density at radius 1 is 1.69 bits per heavy atom. The van der Waals surface area contributed by atoms with E-state index in [9.17, 15) is 4.79 Å². The van der Waals surface area contributed by atoms with E-state index in [4.69, 9.17) is 16.3 Å². The minimum atomic E-state index is -0.441. The van der Waals surface area contributed by atoms with Crippen LogP contribution in [0.25, 0.3) is 5.65 Å². The molecule has 0 amide bonds. The van der Waals surface area contributed by atoms with Crippen LogP contribution in [0, 0.1) is 0 Å². The van der Waals surface area contributed by atoms with E-state index in [-0.39, 0.29) is 5.15 Å². The van der Waals surface area contributed by atoms with Gasteiger partial charge in [-0.2, -0.15) is 0 Å². The second-order valence-electron chi connectivity index (χ2n) is 2.91. The fourth-order valence-electron chi connectivity index (χ4n) is 1.28. The average molecular weight is 305 g/mol. The van der Waals surface area contributed by atoms with Crippen LogP contribution in [0.5, 0.6) is 0 Å². The summed E-state index contributed by atoms with van der Waals surface area (Å²) in [6.45, 7) is 2.05. The Morgan fingerprint density at radius 2 is 2.44 bits per heavy atom. The van der Waals surface area contributed by atoms with E-state index in [1.807, 2.05) is 0 Å². The Balaban J connectivity index is 2.60. The van der Waals surface area contributed by atoms with Gasteiger partial charge in [0.25, 0.3) is 0 Å². The van der Waals surface area contributed by atoms with Crippen LogP contribution in [0.15, 0.2) is 17.0 Å². The van der Waals surface area contributed by atoms with Crippen molar-refractivity contribution in [1.29, 1.82) is 0 Å². The molecule has 7 heteroatoms. The molecule has 0 aliphatic carbocycles. The van der Waals surface area contributed by atoms with Crippen molar-refractivity contribution in [3.8, 4) is 0 Å². The van der Waals surface area contributed by atoms with E-state index in [0.29, 0.717) is 22.6 Å². The third kappa shape index (κ3) is 1.90. The van der Waals surface area contributed by atoms with Crippen molar-refractivity contribution < 1.29 is 9.53 Å². The monoisotopic (exact) mass is 303 g/mol. The number of aromatic nitrogens is 3. The lowest BCUT2D eigenvalue weighted by molar-refractivity contribution is 0.0518. The molecule has 0 fully saturated rings. The molecule has 2 aromatic rings. The Kier molecular flexibility index (Phi) is 3.11. The zero-order chi connectivity index (χ0) is 11.7. The van der Waals surface area contributed by atoms with Crippen molar-refractivity contribution in [2.24, 2.45) is 0 Å². The summed E-state index contributed by atoms with van der Waals surface area (Å²) in [6, 6.07) is 0. The van der Waals surface area contributed by atoms with Gasteiger partial charge in [0.05, 0.1) is 12.8 Å². The lowest BCUT2D eigenvalue weighted by Crippen LogP contribution is -2.08. The molecular weight excluding hydrogens is 297 g/mol. The predicted octanol–water partition coefficient (Wildman–Crippen LogP) is 2.32. The maximum Gasteiger partial charge on any atom is 0.356 e. The lowest BCUT2D eigenvalue weighted by Gasteiger charge is -2.02. The molecule has 0 atom stereocenters. The van der Waals surface area contributed by atoms with E-state index in [1.54, 1.807) is 6.92 Å². The van der Waals surface area contributed by atoms with Crippen LogP contribution in [0.4, 0.5) is 0 Å². The maximum atomic E-state index is 11.6. The van der Waals surface area contributed by atoms with Gasteiger partial charge in [0.15, 0.2) is 15.9 Å². The average Bonchev–Trinajstić information content (AvgIpc) is 2.61. The minimum Gasteiger partial charge on any atom is -0.461 e. The van der Waals surface area contributed by atoms with Gasteiger partial charge in [-0.05, 0) is 22.9 Å². The molecule has 16 heavy (non-hydrogen) atoms. The highest BCUT2D eigenvalue weighted by Gasteiger charge is 2.15. The number of carbonyl (C=O) groups excluding carboxylic acids is 1. The molecule has 0 saturated carbocycles. The molecule has 2 heterocycles. The van der Waals surface area contributed by atoms with Gasteiger partial charge in [-0.15, -0.1) is 0 Å². The van der Waals surface area contributed by atoms with Crippen LogP contribution in [0.1, 0.15) is 17.4 Å². The fourth-order valence-corrected chi connectivity index (χ4v) is 2.05. The van der Waals surface area contributed by atoms with Gasteiger partial charge in [-0.3, -0.25) is 4.40 Å². The number of halogens is 2. The summed E-state index contributed by atoms with van der Waals surface area (Å²) in [4.78, 5) is 19.6. The maximum absolute atomic E-state index is 11.6. The number of ether oxygens (including phenoxy) is 1. The first kappa shape index (κ1) is 11.3. The summed E-state index contributed by atoms with van der Waals surface area (Å²) in [5.41, 5.74) is 0.842. The number of hydrogen-bond donors (Lipinski definition) is 0. The highest BCUT2D eigenvalue weighted by atomic mass is 79.9. The van der Waals surface area contributed by atoms with Gasteiger partial charge < -0.3 is 4.74 Å². The van der Waals surface area contributed by atoms with E-state index in [2.05, 4.69) is 25.9 Å². The molecule has 0 radical (unpaired) electrons. The Morgan fingerprint density at radius 3 is 3.12 bits per heavy atom. The van der Waals surface area contributed by atoms with Crippen LogP contribution in [0.2, 0.25) is 5.15 Å². The second kappa shape index (κ2) is 4.39. The molecule has 0 spiro atoms. The zero-order valence-electron chi connectivity index (χ0n) is 8.28. The number of fused-ring (bicyclic) bond motifs is 1. The molecular formula is C9H7BrClN3O2. The van der Waals surface area contributed by atoms with E-state index >= 15 is 0 Å². The van der Waals surface area contributed by atoms with E-state index < -0.39 is 5.97 Å². The number of nitrogens with zero attached hydrogens (tertiary/aromatic N) is 3. The number of hydrogen-bond acceptors (Lipinski definition) is 4. The predicted molar refractivity (Wildman–Crippen MR) is 61.7 cm³/mol. The molecule has 0 aliphatic rings. The summed E-state index contributed by atoms with van der Waals surface area (Å²) >= 11 is 9.01. The fraction of sp³-hybridized carbons (Fsp3) is 0.222. The van der Waals surface area contributed by atoms with Crippen LogP contribution in [-0.2, 0) is 4.74 Å². The normalized spacial score (nSPS) is 10.7. The van der Waals surface area contributed by atoms with Crippen LogP contribution >= 0.6 is 27.5 Å². The number of imidazole rings is 1. The van der Waals surface area contributed by atoms with Gasteiger partial charge >= 0.3 is 5.97 Å². The van der Waals surface area contributed by atoms with E-state index in [0.717, 1.165) is 0 Å². The van der Waals surface area contributed by atoms with Crippen molar-refractivity contribution in [2.75, 3.05) is 6.61 Å². The molecule has 0 unspecified atom stereocenters. The molecule has 0 bridgehead atoms. The first-order chi connectivity index (χ1) is 7.63. The molecule has 0 aromatic carbocycles. The molecule has 2 rings (SSSR count). The number of esters is 1. The summed E-state index contributed by atoms with van der Waals surface area (Å²) in [6.07, 6.45) is 2.94. The zero-order valence-corrected chi connectivity index (χ0v) is 10.6. The summed E-state index contributed by atoms with van der Waals surface area (Å²) in [5, 5.41) is 0.267. The SMILES string of the molecule is CCOC(=O)c1cnc2c(Br)nc(Cl)cn12. The highest BCUT2D eigenvalue weighted by Crippen LogP contribution is 2.19. The molecule has 0 saturated heterocycles. The quantitative estimate of drug-likeness (QED) is 0.799. The van der Waals surface area contributed by atoms with Crippen molar-refractivity contribution >= 4 is 39.1 Å². The summed E-state index contributed by atoms with van der Waals surface area (Å²) in [5.74, 6) is -0.441. The largest absolute Gasteiger partial charge is 0.461 e. The van der Waals surface area contributed by atoms with Crippen LogP contribution in [0.3, 0.4) is 0 Å². The number of carbonyl (C=O) groups is 1. The third-order valence-corrected chi connectivity index (χ3v) is 2.62. The topological polar surface area (TPSA) is 56.5 Å². The molecule has 84 valence electrons. The van der Waals surface area contributed by atoms with E-state index in [1.165, 1.54) is 16.8 Å². The van der Waals surface area contributed by atoms with Gasteiger partial charge in [0.1, 0.15) is 5.15 Å². The van der Waals surface area contributed by atoms with Gasteiger partial charge in [-0.1, -0.05) is 11.6 Å². The summed E-state index contributed by atoms with van der Waals surface area (Å²) < 4.78 is 6.92. The molecule has 0 N–H and O–H groups in total. The van der Waals surface area contributed by atoms with Crippen molar-refractivity contribution in [3.05, 3.63) is 27.8 Å². The van der Waals surface area contributed by atoms with Gasteiger partial charge in [0.2, 0.25) is 0 Å². The first-order valence-corrected chi connectivity index (χ1v) is 5.66. The van der Waals surface area contributed by atoms with Crippen LogP contribution in [-0.4, -0.2) is 26.9 Å².